The molecule has 2 aliphatic heterocycles. The highest BCUT2D eigenvalue weighted by molar-refractivity contribution is 5.95. The number of rotatable bonds is 3. The van der Waals surface area contributed by atoms with Crippen molar-refractivity contribution in [3.63, 3.8) is 0 Å². The number of piperidine rings is 1. The molecule has 3 rings (SSSR count). The van der Waals surface area contributed by atoms with Gasteiger partial charge in [-0.05, 0) is 12.8 Å². The Morgan fingerprint density at radius 1 is 1.35 bits per heavy atom. The number of nitrogens with zero attached hydrogens (tertiary/aromatic N) is 4. The monoisotopic (exact) mass is 322 g/mol. The third-order valence-electron chi connectivity index (χ3n) is 4.46. The van der Waals surface area contributed by atoms with E-state index in [2.05, 4.69) is 10.1 Å². The summed E-state index contributed by atoms with van der Waals surface area (Å²) in [6.45, 7) is 3.31. The van der Waals surface area contributed by atoms with Crippen LogP contribution in [0.4, 0.5) is 0 Å². The van der Waals surface area contributed by atoms with Crippen molar-refractivity contribution in [1.82, 2.24) is 19.9 Å². The van der Waals surface area contributed by atoms with Crippen LogP contribution in [0, 0.1) is 0 Å². The van der Waals surface area contributed by atoms with E-state index in [0.717, 1.165) is 25.9 Å². The molecule has 1 aromatic rings. The van der Waals surface area contributed by atoms with E-state index in [1.165, 1.54) is 4.90 Å². The third-order valence-corrected chi connectivity index (χ3v) is 4.46. The van der Waals surface area contributed by atoms with E-state index in [9.17, 15) is 14.7 Å². The van der Waals surface area contributed by atoms with Crippen LogP contribution < -0.4 is 0 Å². The van der Waals surface area contributed by atoms with Crippen molar-refractivity contribution in [2.75, 3.05) is 39.8 Å². The summed E-state index contributed by atoms with van der Waals surface area (Å²) < 4.78 is 5.26. The molecule has 0 saturated carbocycles. The van der Waals surface area contributed by atoms with Gasteiger partial charge in [-0.15, -0.1) is 0 Å². The summed E-state index contributed by atoms with van der Waals surface area (Å²) in [5.41, 5.74) is 0.245. The molecule has 0 aromatic carbocycles. The van der Waals surface area contributed by atoms with E-state index in [1.54, 1.807) is 18.0 Å². The molecule has 0 aliphatic carbocycles. The molecule has 2 aliphatic rings. The summed E-state index contributed by atoms with van der Waals surface area (Å²) in [7, 11) is 1.73. The van der Waals surface area contributed by atoms with Gasteiger partial charge in [0.25, 0.3) is 5.91 Å². The number of likely N-dealkylation sites (N-methyl/N-ethyl adjacent to an activating group) is 1. The number of aliphatic hydroxyl groups excluding tert-OH is 1. The molecule has 0 unspecified atom stereocenters. The number of aliphatic hydroxyl groups is 1. The van der Waals surface area contributed by atoms with Crippen LogP contribution in [0.5, 0.6) is 0 Å². The third kappa shape index (κ3) is 3.70. The minimum absolute atomic E-state index is 0.0693. The van der Waals surface area contributed by atoms with E-state index in [-0.39, 0.29) is 30.2 Å². The van der Waals surface area contributed by atoms with Crippen LogP contribution in [-0.2, 0) is 11.3 Å². The Hall–Kier alpha value is -1.93. The summed E-state index contributed by atoms with van der Waals surface area (Å²) in [6, 6.07) is 1.65. The van der Waals surface area contributed by atoms with Gasteiger partial charge in [0, 0.05) is 39.3 Å². The zero-order chi connectivity index (χ0) is 16.4. The zero-order valence-electron chi connectivity index (χ0n) is 13.3. The quantitative estimate of drug-likeness (QED) is 0.810. The summed E-state index contributed by atoms with van der Waals surface area (Å²) in [5.74, 6) is 0.293. The molecule has 8 nitrogen and oxygen atoms in total. The normalized spacial score (nSPS) is 21.0. The molecule has 0 spiro atoms. The van der Waals surface area contributed by atoms with Crippen LogP contribution in [-0.4, -0.2) is 82.7 Å². The van der Waals surface area contributed by atoms with Crippen LogP contribution in [0.2, 0.25) is 0 Å². The maximum atomic E-state index is 12.4. The molecule has 23 heavy (non-hydrogen) atoms. The van der Waals surface area contributed by atoms with Crippen molar-refractivity contribution < 1.29 is 19.2 Å². The lowest BCUT2D eigenvalue weighted by Gasteiger charge is -2.31. The molecular formula is C15H22N4O4. The summed E-state index contributed by atoms with van der Waals surface area (Å²) >= 11 is 0. The second kappa shape index (κ2) is 6.67. The van der Waals surface area contributed by atoms with E-state index in [0.29, 0.717) is 25.4 Å². The largest absolute Gasteiger partial charge is 0.393 e. The van der Waals surface area contributed by atoms with Gasteiger partial charge in [-0.3, -0.25) is 14.5 Å². The molecule has 8 heteroatoms. The van der Waals surface area contributed by atoms with Crippen molar-refractivity contribution >= 4 is 11.8 Å². The number of hydrogen-bond acceptors (Lipinski definition) is 6. The molecule has 2 fully saturated rings. The SMILES string of the molecule is CN1CCN(C(=O)c2cc(CN3CCC(O)CC3)on2)CC1=O. The van der Waals surface area contributed by atoms with Gasteiger partial charge in [-0.2, -0.15) is 0 Å². The van der Waals surface area contributed by atoms with Crippen LogP contribution in [0.15, 0.2) is 10.6 Å². The fourth-order valence-corrected chi connectivity index (χ4v) is 2.88. The summed E-state index contributed by atoms with van der Waals surface area (Å²) in [5, 5.41) is 13.4. The van der Waals surface area contributed by atoms with Crippen LogP contribution in [0.1, 0.15) is 29.1 Å². The van der Waals surface area contributed by atoms with Gasteiger partial charge in [0.1, 0.15) is 6.54 Å². The lowest BCUT2D eigenvalue weighted by atomic mass is 10.1. The van der Waals surface area contributed by atoms with Crippen molar-refractivity contribution in [2.24, 2.45) is 0 Å². The zero-order valence-corrected chi connectivity index (χ0v) is 13.3. The molecular weight excluding hydrogens is 300 g/mol. The van der Waals surface area contributed by atoms with Gasteiger partial charge < -0.3 is 19.4 Å². The van der Waals surface area contributed by atoms with Crippen LogP contribution >= 0.6 is 0 Å². The van der Waals surface area contributed by atoms with Crippen molar-refractivity contribution in [1.29, 1.82) is 0 Å². The molecule has 1 aromatic heterocycles. The fourth-order valence-electron chi connectivity index (χ4n) is 2.88. The highest BCUT2D eigenvalue weighted by Gasteiger charge is 2.28. The molecule has 2 saturated heterocycles. The average Bonchev–Trinajstić information content (AvgIpc) is 3.00. The van der Waals surface area contributed by atoms with E-state index in [1.807, 2.05) is 0 Å². The van der Waals surface area contributed by atoms with E-state index >= 15 is 0 Å². The molecule has 1 N–H and O–H groups in total. The van der Waals surface area contributed by atoms with Gasteiger partial charge in [-0.25, -0.2) is 0 Å². The van der Waals surface area contributed by atoms with Gasteiger partial charge in [0.05, 0.1) is 12.6 Å². The topological polar surface area (TPSA) is 90.1 Å². The summed E-state index contributed by atoms with van der Waals surface area (Å²) in [4.78, 5) is 29.4. The predicted octanol–water partition coefficient (Wildman–Crippen LogP) is -0.454. The Morgan fingerprint density at radius 2 is 2.09 bits per heavy atom. The first-order valence-corrected chi connectivity index (χ1v) is 7.92. The van der Waals surface area contributed by atoms with Crippen LogP contribution in [0.3, 0.4) is 0 Å². The number of carbonyl (C=O) groups excluding carboxylic acids is 2. The summed E-state index contributed by atoms with van der Waals surface area (Å²) in [6.07, 6.45) is 1.29. The van der Waals surface area contributed by atoms with Gasteiger partial charge in [0.2, 0.25) is 5.91 Å². The first-order valence-electron chi connectivity index (χ1n) is 7.92. The second-order valence-electron chi connectivity index (χ2n) is 6.23. The number of likely N-dealkylation sites (tertiary alicyclic amines) is 1. The van der Waals surface area contributed by atoms with Gasteiger partial charge in [-0.1, -0.05) is 5.16 Å². The standard InChI is InChI=1S/C15H22N4O4/c1-17-6-7-19(10-14(17)21)15(22)13-8-12(23-16-13)9-18-4-2-11(20)3-5-18/h8,11,20H,2-7,9-10H2,1H3. The smallest absolute Gasteiger partial charge is 0.276 e. The number of amides is 2. The Morgan fingerprint density at radius 3 is 2.78 bits per heavy atom. The Balaban J connectivity index is 1.58. The number of aromatic nitrogens is 1. The Bertz CT molecular complexity index is 580. The molecule has 0 bridgehead atoms. The second-order valence-corrected chi connectivity index (χ2v) is 6.23. The maximum absolute atomic E-state index is 12.4. The molecule has 0 atom stereocenters. The molecule has 2 amide bonds. The minimum atomic E-state index is -0.268. The van der Waals surface area contributed by atoms with Crippen molar-refractivity contribution in [3.05, 3.63) is 17.5 Å². The van der Waals surface area contributed by atoms with Gasteiger partial charge >= 0.3 is 0 Å². The Kier molecular flexibility index (Phi) is 4.63. The number of carbonyl (C=O) groups is 2. The lowest BCUT2D eigenvalue weighted by molar-refractivity contribution is -0.133. The maximum Gasteiger partial charge on any atom is 0.276 e. The molecule has 126 valence electrons. The van der Waals surface area contributed by atoms with Gasteiger partial charge in [0.15, 0.2) is 11.5 Å². The Labute approximate surface area is 134 Å². The van der Waals surface area contributed by atoms with Crippen molar-refractivity contribution in [3.8, 4) is 0 Å². The number of piperazine rings is 1. The average molecular weight is 322 g/mol. The number of hydrogen-bond donors (Lipinski definition) is 1. The first-order chi connectivity index (χ1) is 11.0. The molecule has 3 heterocycles. The highest BCUT2D eigenvalue weighted by Crippen LogP contribution is 2.15. The van der Waals surface area contributed by atoms with E-state index in [4.69, 9.17) is 4.52 Å². The first kappa shape index (κ1) is 15.9. The minimum Gasteiger partial charge on any atom is -0.393 e. The molecule has 0 radical (unpaired) electrons. The highest BCUT2D eigenvalue weighted by atomic mass is 16.5. The predicted molar refractivity (Wildman–Crippen MR) is 80.6 cm³/mol. The van der Waals surface area contributed by atoms with Crippen LogP contribution in [0.25, 0.3) is 0 Å². The fraction of sp³-hybridized carbons (Fsp3) is 0.667. The lowest BCUT2D eigenvalue weighted by Crippen LogP contribution is -2.50. The van der Waals surface area contributed by atoms with Crippen molar-refractivity contribution in [2.45, 2.75) is 25.5 Å². The van der Waals surface area contributed by atoms with E-state index < -0.39 is 0 Å².